The van der Waals surface area contributed by atoms with Crippen LogP contribution in [0.2, 0.25) is 0 Å². The van der Waals surface area contributed by atoms with Gasteiger partial charge >= 0.3 is 11.9 Å². The summed E-state index contributed by atoms with van der Waals surface area (Å²) in [7, 11) is 0. The highest BCUT2D eigenvalue weighted by atomic mass is 19.2. The van der Waals surface area contributed by atoms with Gasteiger partial charge in [-0.05, 0) is 6.92 Å². The molecule has 0 unspecified atom stereocenters. The summed E-state index contributed by atoms with van der Waals surface area (Å²) >= 11 is 0. The van der Waals surface area contributed by atoms with Crippen molar-refractivity contribution in [1.29, 1.82) is 0 Å². The van der Waals surface area contributed by atoms with E-state index in [1.54, 1.807) is 0 Å². The monoisotopic (exact) mass is 308 g/mol. The molecule has 2 aromatic rings. The molecule has 0 atom stereocenters. The average molecular weight is 308 g/mol. The van der Waals surface area contributed by atoms with Crippen molar-refractivity contribution < 1.29 is 35.9 Å². The molecule has 0 fully saturated rings. The fourth-order valence-electron chi connectivity index (χ4n) is 1.39. The Morgan fingerprint density at radius 1 is 1.00 bits per heavy atom. The summed E-state index contributed by atoms with van der Waals surface area (Å²) in [5.74, 6) is -13.9. The maximum absolute atomic E-state index is 13.5. The van der Waals surface area contributed by atoms with Gasteiger partial charge in [0, 0.05) is 0 Å². The van der Waals surface area contributed by atoms with Crippen LogP contribution in [0.15, 0.2) is 4.42 Å². The standard InChI is InChI=1S/C11H5F5N2O3/c1-2-20-11(19)10-18-17-9(21-10)3-4(12)6(14)8(16)7(15)5(3)13/h2H2,1H3. The Kier molecular flexibility index (Phi) is 3.87. The Hall–Kier alpha value is -2.52. The van der Waals surface area contributed by atoms with E-state index in [2.05, 4.69) is 19.4 Å². The van der Waals surface area contributed by atoms with Crippen LogP contribution >= 0.6 is 0 Å². The molecule has 0 bridgehead atoms. The first-order chi connectivity index (χ1) is 9.88. The zero-order chi connectivity index (χ0) is 15.7. The Bertz CT molecular complexity index is 687. The molecule has 0 aliphatic heterocycles. The van der Waals surface area contributed by atoms with E-state index in [0.717, 1.165) is 0 Å². The van der Waals surface area contributed by atoms with Crippen molar-refractivity contribution in [3.05, 3.63) is 35.0 Å². The van der Waals surface area contributed by atoms with Gasteiger partial charge in [-0.15, -0.1) is 10.2 Å². The lowest BCUT2D eigenvalue weighted by atomic mass is 10.1. The van der Waals surface area contributed by atoms with Crippen molar-refractivity contribution in [3.8, 4) is 11.5 Å². The Labute approximate surface area is 113 Å². The summed E-state index contributed by atoms with van der Waals surface area (Å²) in [6.07, 6.45) is 0. The van der Waals surface area contributed by atoms with E-state index in [-0.39, 0.29) is 6.61 Å². The van der Waals surface area contributed by atoms with Crippen LogP contribution in [0.3, 0.4) is 0 Å². The molecule has 112 valence electrons. The van der Waals surface area contributed by atoms with Crippen molar-refractivity contribution >= 4 is 5.97 Å². The van der Waals surface area contributed by atoms with Crippen LogP contribution in [-0.4, -0.2) is 22.8 Å². The SMILES string of the molecule is CCOC(=O)c1nnc(-c2c(F)c(F)c(F)c(F)c2F)o1. The summed E-state index contributed by atoms with van der Waals surface area (Å²) in [5.41, 5.74) is -1.42. The van der Waals surface area contributed by atoms with Gasteiger partial charge in [0.2, 0.25) is 5.82 Å². The van der Waals surface area contributed by atoms with Gasteiger partial charge in [-0.1, -0.05) is 0 Å². The van der Waals surface area contributed by atoms with Gasteiger partial charge in [0.15, 0.2) is 23.3 Å². The van der Waals surface area contributed by atoms with Gasteiger partial charge < -0.3 is 9.15 Å². The minimum Gasteiger partial charge on any atom is -0.459 e. The van der Waals surface area contributed by atoms with Crippen molar-refractivity contribution in [1.82, 2.24) is 10.2 Å². The van der Waals surface area contributed by atoms with E-state index in [9.17, 15) is 26.7 Å². The number of benzene rings is 1. The summed E-state index contributed by atoms with van der Waals surface area (Å²) in [6, 6.07) is 0. The number of ether oxygens (including phenoxy) is 1. The van der Waals surface area contributed by atoms with Crippen LogP contribution in [0.25, 0.3) is 11.5 Å². The van der Waals surface area contributed by atoms with Crippen LogP contribution in [0.1, 0.15) is 17.6 Å². The minimum absolute atomic E-state index is 0.0426. The maximum Gasteiger partial charge on any atom is 0.396 e. The number of carbonyl (C=O) groups excluding carboxylic acids is 1. The van der Waals surface area contributed by atoms with Crippen LogP contribution < -0.4 is 0 Å². The van der Waals surface area contributed by atoms with Crippen molar-refractivity contribution in [2.45, 2.75) is 6.92 Å². The van der Waals surface area contributed by atoms with E-state index in [0.29, 0.717) is 0 Å². The molecule has 21 heavy (non-hydrogen) atoms. The molecular formula is C11H5F5N2O3. The third-order valence-electron chi connectivity index (χ3n) is 2.30. The highest BCUT2D eigenvalue weighted by Gasteiger charge is 2.30. The normalized spacial score (nSPS) is 10.8. The van der Waals surface area contributed by atoms with E-state index < -0.39 is 52.4 Å². The Balaban J connectivity index is 2.56. The van der Waals surface area contributed by atoms with Crippen molar-refractivity contribution in [3.63, 3.8) is 0 Å². The second-order valence-corrected chi connectivity index (χ2v) is 3.58. The van der Waals surface area contributed by atoms with Crippen LogP contribution in [-0.2, 0) is 4.74 Å². The lowest BCUT2D eigenvalue weighted by molar-refractivity contribution is 0.0481. The van der Waals surface area contributed by atoms with Gasteiger partial charge in [-0.25, -0.2) is 26.7 Å². The largest absolute Gasteiger partial charge is 0.459 e. The van der Waals surface area contributed by atoms with E-state index >= 15 is 0 Å². The quantitative estimate of drug-likeness (QED) is 0.377. The number of hydrogen-bond donors (Lipinski definition) is 0. The summed E-state index contributed by atoms with van der Waals surface area (Å²) < 4.78 is 74.9. The molecule has 1 heterocycles. The summed E-state index contributed by atoms with van der Waals surface area (Å²) in [4.78, 5) is 11.2. The van der Waals surface area contributed by atoms with E-state index in [1.165, 1.54) is 6.92 Å². The number of nitrogens with zero attached hydrogens (tertiary/aromatic N) is 2. The highest BCUT2D eigenvalue weighted by molar-refractivity contribution is 5.84. The summed E-state index contributed by atoms with van der Waals surface area (Å²) in [5, 5.41) is 6.18. The number of rotatable bonds is 3. The lowest BCUT2D eigenvalue weighted by Gasteiger charge is -2.04. The smallest absolute Gasteiger partial charge is 0.396 e. The molecule has 0 aliphatic rings. The second kappa shape index (κ2) is 5.46. The average Bonchev–Trinajstić information content (AvgIpc) is 2.93. The number of hydrogen-bond acceptors (Lipinski definition) is 5. The first-order valence-corrected chi connectivity index (χ1v) is 5.40. The molecule has 1 aromatic heterocycles. The molecule has 0 radical (unpaired) electrons. The summed E-state index contributed by atoms with van der Waals surface area (Å²) in [6.45, 7) is 1.43. The third kappa shape index (κ3) is 2.43. The number of carbonyl (C=O) groups is 1. The lowest BCUT2D eigenvalue weighted by Crippen LogP contribution is -2.05. The predicted molar refractivity (Wildman–Crippen MR) is 55.5 cm³/mol. The van der Waals surface area contributed by atoms with Gasteiger partial charge in [0.05, 0.1) is 6.61 Å². The van der Waals surface area contributed by atoms with Crippen LogP contribution in [0.4, 0.5) is 22.0 Å². The van der Waals surface area contributed by atoms with Crippen molar-refractivity contribution in [2.75, 3.05) is 6.61 Å². The van der Waals surface area contributed by atoms with E-state index in [1.807, 2.05) is 0 Å². The maximum atomic E-state index is 13.5. The van der Waals surface area contributed by atoms with E-state index in [4.69, 9.17) is 0 Å². The van der Waals surface area contributed by atoms with Gasteiger partial charge in [-0.3, -0.25) is 0 Å². The topological polar surface area (TPSA) is 65.2 Å². The molecule has 0 N–H and O–H groups in total. The molecular weight excluding hydrogens is 303 g/mol. The molecule has 0 saturated heterocycles. The Morgan fingerprint density at radius 3 is 2.05 bits per heavy atom. The molecule has 0 amide bonds. The first kappa shape index (κ1) is 14.9. The van der Waals surface area contributed by atoms with Crippen LogP contribution in [0, 0.1) is 29.1 Å². The molecule has 5 nitrogen and oxygen atoms in total. The second-order valence-electron chi connectivity index (χ2n) is 3.58. The van der Waals surface area contributed by atoms with Gasteiger partial charge in [0.25, 0.3) is 5.89 Å². The fraction of sp³-hybridized carbons (Fsp3) is 0.182. The molecule has 0 saturated carbocycles. The zero-order valence-corrected chi connectivity index (χ0v) is 10.2. The molecule has 1 aromatic carbocycles. The number of halogens is 5. The molecule has 10 heteroatoms. The molecule has 0 spiro atoms. The third-order valence-corrected chi connectivity index (χ3v) is 2.30. The first-order valence-electron chi connectivity index (χ1n) is 5.40. The Morgan fingerprint density at radius 2 is 1.52 bits per heavy atom. The number of esters is 1. The zero-order valence-electron chi connectivity index (χ0n) is 10.2. The molecule has 2 rings (SSSR count). The minimum atomic E-state index is -2.32. The predicted octanol–water partition coefficient (Wildman–Crippen LogP) is 2.61. The number of aromatic nitrogens is 2. The van der Waals surface area contributed by atoms with Gasteiger partial charge in [-0.2, -0.15) is 0 Å². The van der Waals surface area contributed by atoms with Crippen LogP contribution in [0.5, 0.6) is 0 Å². The fourth-order valence-corrected chi connectivity index (χ4v) is 1.39. The highest BCUT2D eigenvalue weighted by Crippen LogP contribution is 2.30. The van der Waals surface area contributed by atoms with Gasteiger partial charge in [0.1, 0.15) is 5.56 Å². The molecule has 0 aliphatic carbocycles. The van der Waals surface area contributed by atoms with Crippen molar-refractivity contribution in [2.24, 2.45) is 0 Å².